The number of aromatic nitrogens is 2. The number of carbonyl (C=O) groups excluding carboxylic acids is 1. The maximum atomic E-state index is 12.0. The van der Waals surface area contributed by atoms with Crippen molar-refractivity contribution in [3.8, 4) is 5.75 Å². The molecular formula is C19H22ClN3O2S. The van der Waals surface area contributed by atoms with Gasteiger partial charge in [-0.25, -0.2) is 4.98 Å². The normalized spacial score (nSPS) is 10.4. The van der Waals surface area contributed by atoms with Crippen LogP contribution in [-0.4, -0.2) is 35.3 Å². The average molecular weight is 392 g/mol. The molecular weight excluding hydrogens is 370 g/mol. The first-order valence-corrected chi connectivity index (χ1v) is 9.11. The number of imidazole rings is 1. The number of H-pyrrole nitrogens is 1. The molecule has 3 rings (SSSR count). The van der Waals surface area contributed by atoms with Gasteiger partial charge < -0.3 is 15.0 Å². The highest BCUT2D eigenvalue weighted by molar-refractivity contribution is 7.99. The van der Waals surface area contributed by atoms with Crippen LogP contribution in [0.4, 0.5) is 0 Å². The number of rotatable bonds is 7. The molecule has 0 atom stereocenters. The number of halogens is 1. The zero-order chi connectivity index (χ0) is 17.6. The van der Waals surface area contributed by atoms with Crippen LogP contribution in [0.3, 0.4) is 0 Å². The topological polar surface area (TPSA) is 67.0 Å². The molecule has 7 heteroatoms. The van der Waals surface area contributed by atoms with Crippen LogP contribution >= 0.6 is 24.2 Å². The molecule has 5 nitrogen and oxygen atoms in total. The molecule has 0 bridgehead atoms. The molecule has 1 aromatic heterocycles. The molecule has 0 saturated carbocycles. The number of thioether (sulfide) groups is 1. The second-order valence-corrected chi connectivity index (χ2v) is 6.76. The second kappa shape index (κ2) is 9.50. The third-order valence-corrected chi connectivity index (χ3v) is 4.72. The number of carbonyl (C=O) groups is 1. The van der Waals surface area contributed by atoms with Gasteiger partial charge in [0.05, 0.1) is 23.9 Å². The van der Waals surface area contributed by atoms with Gasteiger partial charge in [-0.2, -0.15) is 0 Å². The first-order chi connectivity index (χ1) is 12.1. The smallest absolute Gasteiger partial charge is 0.230 e. The van der Waals surface area contributed by atoms with Crippen molar-refractivity contribution in [3.05, 3.63) is 53.6 Å². The summed E-state index contributed by atoms with van der Waals surface area (Å²) in [5.74, 6) is 1.20. The lowest BCUT2D eigenvalue weighted by molar-refractivity contribution is -0.118. The van der Waals surface area contributed by atoms with E-state index in [2.05, 4.69) is 21.4 Å². The van der Waals surface area contributed by atoms with Crippen LogP contribution in [0.2, 0.25) is 0 Å². The summed E-state index contributed by atoms with van der Waals surface area (Å²) < 4.78 is 5.13. The van der Waals surface area contributed by atoms with E-state index in [0.717, 1.165) is 28.4 Å². The Balaban J connectivity index is 0.00000243. The number of hydrogen-bond donors (Lipinski definition) is 2. The van der Waals surface area contributed by atoms with Gasteiger partial charge in [-0.1, -0.05) is 30.0 Å². The molecule has 26 heavy (non-hydrogen) atoms. The largest absolute Gasteiger partial charge is 0.497 e. The van der Waals surface area contributed by atoms with Gasteiger partial charge in [-0.15, -0.1) is 12.4 Å². The van der Waals surface area contributed by atoms with Crippen molar-refractivity contribution in [2.45, 2.75) is 18.5 Å². The zero-order valence-electron chi connectivity index (χ0n) is 14.7. The molecule has 0 unspecified atom stereocenters. The number of benzene rings is 2. The minimum Gasteiger partial charge on any atom is -0.497 e. The van der Waals surface area contributed by atoms with E-state index in [-0.39, 0.29) is 18.3 Å². The Morgan fingerprint density at radius 1 is 1.23 bits per heavy atom. The molecule has 138 valence electrons. The number of aryl methyl sites for hydroxylation is 1. The number of fused-ring (bicyclic) bond motifs is 1. The van der Waals surface area contributed by atoms with Crippen LogP contribution in [0.5, 0.6) is 5.75 Å². The maximum Gasteiger partial charge on any atom is 0.230 e. The Morgan fingerprint density at radius 2 is 2.00 bits per heavy atom. The molecule has 0 aliphatic heterocycles. The van der Waals surface area contributed by atoms with E-state index >= 15 is 0 Å². The van der Waals surface area contributed by atoms with Gasteiger partial charge in [0.15, 0.2) is 5.16 Å². The van der Waals surface area contributed by atoms with Gasteiger partial charge in [0.1, 0.15) is 5.75 Å². The molecule has 0 aliphatic carbocycles. The molecule has 0 aliphatic rings. The summed E-state index contributed by atoms with van der Waals surface area (Å²) in [6.45, 7) is 2.66. The number of hydrogen-bond acceptors (Lipinski definition) is 4. The van der Waals surface area contributed by atoms with Crippen molar-refractivity contribution >= 4 is 41.1 Å². The number of nitrogens with zero attached hydrogens (tertiary/aromatic N) is 1. The predicted octanol–water partition coefficient (Wildman–Crippen LogP) is 3.75. The second-order valence-electron chi connectivity index (χ2n) is 5.80. The lowest BCUT2D eigenvalue weighted by Gasteiger charge is -2.05. The summed E-state index contributed by atoms with van der Waals surface area (Å²) in [7, 11) is 1.65. The van der Waals surface area contributed by atoms with Crippen molar-refractivity contribution in [1.29, 1.82) is 0 Å². The van der Waals surface area contributed by atoms with Crippen molar-refractivity contribution in [3.63, 3.8) is 0 Å². The van der Waals surface area contributed by atoms with Crippen molar-refractivity contribution in [1.82, 2.24) is 15.3 Å². The molecule has 0 spiro atoms. The summed E-state index contributed by atoms with van der Waals surface area (Å²) in [6, 6.07) is 13.9. The van der Waals surface area contributed by atoms with Crippen molar-refractivity contribution < 1.29 is 9.53 Å². The Morgan fingerprint density at radius 3 is 2.73 bits per heavy atom. The van der Waals surface area contributed by atoms with E-state index in [0.29, 0.717) is 12.3 Å². The number of aromatic amines is 1. The van der Waals surface area contributed by atoms with Gasteiger partial charge in [-0.3, -0.25) is 4.79 Å². The predicted molar refractivity (Wildman–Crippen MR) is 109 cm³/mol. The molecule has 0 fully saturated rings. The van der Waals surface area contributed by atoms with Crippen LogP contribution in [-0.2, 0) is 11.2 Å². The summed E-state index contributed by atoms with van der Waals surface area (Å²) in [5, 5.41) is 3.71. The van der Waals surface area contributed by atoms with Crippen molar-refractivity contribution in [2.24, 2.45) is 0 Å². The molecule has 0 radical (unpaired) electrons. The SMILES string of the molecule is COc1ccc(CCNC(=O)CSc2nc3ccc(C)cc3[nH]2)cc1.Cl. The fraction of sp³-hybridized carbons (Fsp3) is 0.263. The molecule has 3 aromatic rings. The minimum atomic E-state index is 0. The van der Waals surface area contributed by atoms with Crippen LogP contribution < -0.4 is 10.1 Å². The number of methoxy groups -OCH3 is 1. The molecule has 1 amide bonds. The number of amides is 1. The third kappa shape index (κ3) is 5.41. The molecule has 2 aromatic carbocycles. The third-order valence-electron chi connectivity index (χ3n) is 3.85. The highest BCUT2D eigenvalue weighted by atomic mass is 35.5. The quantitative estimate of drug-likeness (QED) is 0.602. The van der Waals surface area contributed by atoms with Crippen LogP contribution in [0.1, 0.15) is 11.1 Å². The van der Waals surface area contributed by atoms with Crippen LogP contribution in [0.25, 0.3) is 11.0 Å². The fourth-order valence-corrected chi connectivity index (χ4v) is 3.21. The van der Waals surface area contributed by atoms with E-state index in [9.17, 15) is 4.79 Å². The van der Waals surface area contributed by atoms with Crippen LogP contribution in [0.15, 0.2) is 47.6 Å². The van der Waals surface area contributed by atoms with Crippen LogP contribution in [0, 0.1) is 6.92 Å². The highest BCUT2D eigenvalue weighted by Crippen LogP contribution is 2.20. The minimum absolute atomic E-state index is 0. The molecule has 1 heterocycles. The van der Waals surface area contributed by atoms with Gasteiger partial charge in [0, 0.05) is 6.54 Å². The van der Waals surface area contributed by atoms with Gasteiger partial charge >= 0.3 is 0 Å². The summed E-state index contributed by atoms with van der Waals surface area (Å²) >= 11 is 1.42. The van der Waals surface area contributed by atoms with E-state index in [1.54, 1.807) is 7.11 Å². The van der Waals surface area contributed by atoms with E-state index in [1.807, 2.05) is 43.3 Å². The summed E-state index contributed by atoms with van der Waals surface area (Å²) in [5.41, 5.74) is 4.28. The summed E-state index contributed by atoms with van der Waals surface area (Å²) in [6.07, 6.45) is 0.796. The monoisotopic (exact) mass is 391 g/mol. The lowest BCUT2D eigenvalue weighted by Crippen LogP contribution is -2.27. The average Bonchev–Trinajstić information content (AvgIpc) is 3.02. The lowest BCUT2D eigenvalue weighted by atomic mass is 10.1. The number of nitrogens with one attached hydrogen (secondary N) is 2. The first-order valence-electron chi connectivity index (χ1n) is 8.13. The van der Waals surface area contributed by atoms with Gasteiger partial charge in [0.25, 0.3) is 0 Å². The van der Waals surface area contributed by atoms with Gasteiger partial charge in [0.2, 0.25) is 5.91 Å². The van der Waals surface area contributed by atoms with Crippen molar-refractivity contribution in [2.75, 3.05) is 19.4 Å². The maximum absolute atomic E-state index is 12.0. The Hall–Kier alpha value is -2.18. The fourth-order valence-electron chi connectivity index (χ4n) is 2.49. The Bertz CT molecular complexity index is 865. The Kier molecular flexibility index (Phi) is 7.36. The first kappa shape index (κ1) is 20.1. The number of ether oxygens (including phenoxy) is 1. The molecule has 0 saturated heterocycles. The van der Waals surface area contributed by atoms with E-state index < -0.39 is 0 Å². The summed E-state index contributed by atoms with van der Waals surface area (Å²) in [4.78, 5) is 19.7. The van der Waals surface area contributed by atoms with E-state index in [4.69, 9.17) is 4.74 Å². The van der Waals surface area contributed by atoms with E-state index in [1.165, 1.54) is 22.9 Å². The molecule has 2 N–H and O–H groups in total. The van der Waals surface area contributed by atoms with Gasteiger partial charge in [-0.05, 0) is 48.7 Å². The zero-order valence-corrected chi connectivity index (χ0v) is 16.4. The Labute approximate surface area is 163 Å². The standard InChI is InChI=1S/C19H21N3O2S.ClH/c1-13-3-8-16-17(11-13)22-19(21-16)25-12-18(23)20-10-9-14-4-6-15(24-2)7-5-14;/h3-8,11H,9-10,12H2,1-2H3,(H,20,23)(H,21,22);1H. The highest BCUT2D eigenvalue weighted by Gasteiger charge is 2.07.